The van der Waals surface area contributed by atoms with Gasteiger partial charge in [-0.3, -0.25) is 0 Å². The number of carbonyl (C=O) groups excluding carboxylic acids is 1. The van der Waals surface area contributed by atoms with Gasteiger partial charge < -0.3 is 73.9 Å². The molecule has 0 saturated carbocycles. The van der Waals surface area contributed by atoms with Gasteiger partial charge in [-0.2, -0.15) is 0 Å². The largest absolute Gasteiger partial charge is 0.418 e. The van der Waals surface area contributed by atoms with Gasteiger partial charge >= 0.3 is 42.3 Å². The molecule has 0 spiro atoms. The number of benzene rings is 5. The first kappa shape index (κ1) is 122. The van der Waals surface area contributed by atoms with Crippen LogP contribution in [0.3, 0.4) is 0 Å². The molecule has 6 rings (SSSR count). The number of fused-ring (bicyclic) bond motifs is 2. The van der Waals surface area contributed by atoms with Gasteiger partial charge in [-0.1, -0.05) is 269 Å². The first-order chi connectivity index (χ1) is 55.5. The van der Waals surface area contributed by atoms with Crippen LogP contribution in [0, 0.1) is 13.8 Å². The van der Waals surface area contributed by atoms with Crippen LogP contribution in [0.1, 0.15) is 189 Å². The van der Waals surface area contributed by atoms with Crippen molar-refractivity contribution in [1.29, 1.82) is 0 Å². The number of halogens is 1. The van der Waals surface area contributed by atoms with Crippen LogP contribution >= 0.6 is 34.0 Å². The highest BCUT2D eigenvalue weighted by molar-refractivity contribution is 8.56. The standard InChI is InChI=1S/C21H46O2Si.C11H18O2Si.2C11H10.C9H16O2Si.2C6H16O2Si.C5H14OS2Si.C4H11ClO2Si.C4H12O2Si.CH2O/c1-4-5-6-7-8-9-10-11-12-13-14-15-16-17-18-19-20-24(3,21-22)23-2;1-4-12-14(3,13-5-2)11-9-7-6-8-10-11;2*1-9-5-4-7-10-6-2-3-8-11(9)10;1-11-12(2,8-10)9-6-4-3-5-7-9;1-5-6-9(4,7-2)8-3;1-5-7-9(3,4)8-6-2;1-5-6-9(4,7-2)8-3;1-8(2-5,3-6)4-7;1-3-5-7-6-4-2;1-2/h22H,4-21H2,1-3H3;6-10H,4-5H2,1-3H3;2*2-8H,1H3;3-6,9-10H,7-8H2,1-2H3;2*5-6H2,1-4H3;5H2,1-4H3;6-7H,2-4H2,1H3;3-4,7H2,1-2H3;1H2. The minimum Gasteiger partial charge on any atom is -0.418 e. The van der Waals surface area contributed by atoms with Crippen LogP contribution in [0.2, 0.25) is 70.0 Å². The number of aliphatic hydroxyl groups excluding tert-OH is 4. The Kier molecular flexibility index (Phi) is 84.5. The van der Waals surface area contributed by atoms with Crippen LogP contribution in [-0.2, 0) is 53.5 Å². The molecule has 0 saturated heterocycles. The predicted molar refractivity (Wildman–Crippen MR) is 528 cm³/mol. The summed E-state index contributed by atoms with van der Waals surface area (Å²) < 4.78 is 59.3. The van der Waals surface area contributed by atoms with E-state index in [2.05, 4.69) is 202 Å². The van der Waals surface area contributed by atoms with E-state index in [9.17, 15) is 10.2 Å². The van der Waals surface area contributed by atoms with Crippen LogP contribution in [0.15, 0.2) is 140 Å². The lowest BCUT2D eigenvalue weighted by molar-refractivity contribution is -0.0980. The van der Waals surface area contributed by atoms with E-state index in [1.54, 1.807) is 28.4 Å². The third-order valence-electron chi connectivity index (χ3n) is 19.4. The summed E-state index contributed by atoms with van der Waals surface area (Å²) in [5, 5.41) is 42.3. The van der Waals surface area contributed by atoms with Crippen molar-refractivity contribution < 1.29 is 73.9 Å². The first-order valence-electron chi connectivity index (χ1n) is 42.7. The van der Waals surface area contributed by atoms with Crippen LogP contribution < -0.4 is 5.19 Å². The van der Waals surface area contributed by atoms with E-state index >= 15 is 0 Å². The molecule has 1 aliphatic carbocycles. The van der Waals surface area contributed by atoms with Crippen LogP contribution in [0.4, 0.5) is 0 Å². The lowest BCUT2D eigenvalue weighted by atomic mass is 10.0. The number of hydrogen-bond donors (Lipinski definition) is 4. The van der Waals surface area contributed by atoms with E-state index in [0.717, 1.165) is 58.0 Å². The highest BCUT2D eigenvalue weighted by Gasteiger charge is 2.36. The molecule has 3 atom stereocenters. The Balaban J connectivity index is -0.000000401. The molecule has 27 heteroatoms. The molecule has 0 heterocycles. The third kappa shape index (κ3) is 62.9. The first-order valence-corrected chi connectivity index (χ1v) is 67.0. The highest BCUT2D eigenvalue weighted by Crippen LogP contribution is 2.31. The zero-order valence-electron chi connectivity index (χ0n) is 77.8. The highest BCUT2D eigenvalue weighted by atomic mass is 35.5. The Morgan fingerprint density at radius 2 is 0.836 bits per heavy atom. The molecule has 5 aromatic rings. The van der Waals surface area contributed by atoms with Crippen molar-refractivity contribution in [3.05, 3.63) is 151 Å². The molecule has 0 aromatic heterocycles. The minimum absolute atomic E-state index is 0.0764. The Labute approximate surface area is 733 Å². The van der Waals surface area contributed by atoms with Crippen molar-refractivity contribution in [3.63, 3.8) is 0 Å². The van der Waals surface area contributed by atoms with Gasteiger partial charge in [0.1, 0.15) is 14.9 Å². The molecule has 0 aliphatic heterocycles. The number of allylic oxidation sites excluding steroid dienone is 4. The topological polar surface area (TPSA) is 200 Å². The molecular weight excluding hydrogens is 1650 g/mol. The summed E-state index contributed by atoms with van der Waals surface area (Å²) in [6, 6.07) is 42.1. The van der Waals surface area contributed by atoms with Crippen molar-refractivity contribution >= 4 is 135 Å². The summed E-state index contributed by atoms with van der Waals surface area (Å²) in [5.74, 6) is 0. The Morgan fingerprint density at radius 1 is 0.440 bits per heavy atom. The molecule has 0 amide bonds. The zero-order chi connectivity index (χ0) is 88.9. The van der Waals surface area contributed by atoms with Gasteiger partial charge in [0.2, 0.25) is 16.6 Å². The molecule has 674 valence electrons. The maximum Gasteiger partial charge on any atom is 0.369 e. The van der Waals surface area contributed by atoms with Gasteiger partial charge in [0, 0.05) is 98.2 Å². The van der Waals surface area contributed by atoms with Gasteiger partial charge in [0.15, 0.2) is 0 Å². The fourth-order valence-corrected chi connectivity index (χ4v) is 25.4. The van der Waals surface area contributed by atoms with E-state index in [0.29, 0.717) is 24.3 Å². The predicted octanol–water partition coefficient (Wildman–Crippen LogP) is 22.6. The molecule has 0 fully saturated rings. The van der Waals surface area contributed by atoms with Crippen molar-refractivity contribution in [2.75, 3.05) is 118 Å². The van der Waals surface area contributed by atoms with Gasteiger partial charge in [0.25, 0.3) is 0 Å². The number of aryl methyl sites for hydroxylation is 2. The maximum absolute atomic E-state index is 9.35. The molecule has 16 nitrogen and oxygen atoms in total. The second kappa shape index (κ2) is 80.0. The van der Waals surface area contributed by atoms with Gasteiger partial charge in [-0.05, 0) is 177 Å². The van der Waals surface area contributed by atoms with Crippen molar-refractivity contribution in [2.24, 2.45) is 0 Å². The lowest BCUT2D eigenvalue weighted by Gasteiger charge is -2.30. The van der Waals surface area contributed by atoms with E-state index in [-0.39, 0.29) is 24.9 Å². The molecule has 0 bridgehead atoms. The van der Waals surface area contributed by atoms with Gasteiger partial charge in [-0.15, -0.1) is 34.0 Å². The number of hydrogen-bond acceptors (Lipinski definition) is 18. The number of unbranched alkanes of at least 4 members (excludes halogenated alkanes) is 15. The maximum atomic E-state index is 9.35. The van der Waals surface area contributed by atoms with Crippen LogP contribution in [0.5, 0.6) is 0 Å². The summed E-state index contributed by atoms with van der Waals surface area (Å²) in [6.45, 7) is 45.3. The minimum atomic E-state index is -2.13. The molecule has 3 unspecified atom stereocenters. The van der Waals surface area contributed by atoms with Gasteiger partial charge in [-0.25, -0.2) is 0 Å². The SMILES string of the molecule is C=O.CCCCCCCCCCCCCCCCCC[Si](C)(CO)OC.CCC[Si](C)(OC)OC.CCO[SiH2]OCC.CCO[Si](C)(C)OCC.CCO[Si](C)(OCC)c1ccccc1.CCO[Si](C)(SC)SC.CO[Si](C)(CO)C1C=CC=CC1.C[Si](CO)(CO)CCl.Cc1cccc2ccccc12.Cc1cccc2ccccc12. The summed E-state index contributed by atoms with van der Waals surface area (Å²) in [7, 11) is -4.62. The second-order valence-corrected chi connectivity index (χ2v) is 64.9. The number of carbonyl (C=O) groups is 1. The summed E-state index contributed by atoms with van der Waals surface area (Å²) in [4.78, 5) is 8.00. The van der Waals surface area contributed by atoms with Crippen molar-refractivity contribution in [1.82, 2.24) is 0 Å². The van der Waals surface area contributed by atoms with Crippen molar-refractivity contribution in [2.45, 2.75) is 262 Å². The van der Waals surface area contributed by atoms with E-state index in [4.69, 9.17) is 75.3 Å². The monoisotopic (exact) mass is 1820 g/mol. The Bertz CT molecular complexity index is 2880. The molecular formula is C89H171ClO16S2Si8. The quantitative estimate of drug-likeness (QED) is 0.0163. The number of aliphatic hydroxyl groups is 4. The zero-order valence-corrected chi connectivity index (χ0v) is 88.6. The fourth-order valence-electron chi connectivity index (χ4n) is 11.2. The van der Waals surface area contributed by atoms with E-state index < -0.39 is 67.0 Å². The van der Waals surface area contributed by atoms with Crippen LogP contribution in [0.25, 0.3) is 21.5 Å². The van der Waals surface area contributed by atoms with E-state index in [1.807, 2.05) is 108 Å². The molecule has 1 aliphatic rings. The van der Waals surface area contributed by atoms with Crippen molar-refractivity contribution in [3.8, 4) is 0 Å². The molecule has 0 radical (unpaired) electrons. The number of alkyl halides is 1. The summed E-state index contributed by atoms with van der Waals surface area (Å²) in [6.07, 6.45) is 37.9. The third-order valence-corrected chi connectivity index (χ3v) is 49.9. The van der Waals surface area contributed by atoms with E-state index in [1.165, 1.54) is 141 Å². The normalized spacial score (nSPS) is 13.3. The Hall–Kier alpha value is -2.10. The molecule has 4 N–H and O–H groups in total. The molecule has 5 aromatic carbocycles. The molecule has 116 heavy (non-hydrogen) atoms. The smallest absolute Gasteiger partial charge is 0.369 e. The fraction of sp³-hybridized carbons (Fsp3) is 0.652. The van der Waals surface area contributed by atoms with Crippen LogP contribution in [-0.4, -0.2) is 212 Å². The summed E-state index contributed by atoms with van der Waals surface area (Å²) >= 11 is 9.20. The Morgan fingerprint density at radius 3 is 1.12 bits per heavy atom. The lowest BCUT2D eigenvalue weighted by Crippen LogP contribution is -2.51. The summed E-state index contributed by atoms with van der Waals surface area (Å²) in [5.41, 5.74) is 3.56. The average Bonchev–Trinajstić information content (AvgIpc) is 0.821. The van der Waals surface area contributed by atoms with Gasteiger partial charge in [0.05, 0.1) is 12.5 Å². The average molecular weight is 1820 g/mol. The number of rotatable bonds is 46. The second-order valence-electron chi connectivity index (χ2n) is 29.6.